The van der Waals surface area contributed by atoms with E-state index < -0.39 is 5.60 Å². The minimum atomic E-state index is -0.653. The molecule has 1 saturated carbocycles. The van der Waals surface area contributed by atoms with Crippen molar-refractivity contribution in [3.63, 3.8) is 0 Å². The molecule has 4 heteroatoms. The van der Waals surface area contributed by atoms with Gasteiger partial charge in [0.25, 0.3) is 5.91 Å². The molecule has 1 amide bonds. The molecular formula is C11H11NO3. The maximum absolute atomic E-state index is 11.0. The third kappa shape index (κ3) is 1.37. The lowest BCUT2D eigenvalue weighted by atomic mass is 10.1. The zero-order valence-corrected chi connectivity index (χ0v) is 8.12. The minimum absolute atomic E-state index is 0.0505. The van der Waals surface area contributed by atoms with Gasteiger partial charge in [0, 0.05) is 0 Å². The smallest absolute Gasteiger partial charge is 0.262 e. The number of amides is 1. The van der Waals surface area contributed by atoms with E-state index in [2.05, 4.69) is 5.32 Å². The average Bonchev–Trinajstić information content (AvgIpc) is 2.97. The Labute approximate surface area is 86.9 Å². The molecule has 0 atom stereocenters. The van der Waals surface area contributed by atoms with Gasteiger partial charge in [0.05, 0.1) is 11.3 Å². The summed E-state index contributed by atoms with van der Waals surface area (Å²) < 4.78 is 5.28. The van der Waals surface area contributed by atoms with E-state index in [9.17, 15) is 9.90 Å². The SMILES string of the molecule is O=C1COc2cc(C3(O)CC3)ccc2N1. The fourth-order valence-corrected chi connectivity index (χ4v) is 1.77. The quantitative estimate of drug-likeness (QED) is 0.719. The molecule has 1 aromatic carbocycles. The topological polar surface area (TPSA) is 58.6 Å². The van der Waals surface area contributed by atoms with Crippen LogP contribution in [0.25, 0.3) is 0 Å². The second-order valence-electron chi connectivity index (χ2n) is 4.08. The van der Waals surface area contributed by atoms with Gasteiger partial charge < -0.3 is 15.2 Å². The Bertz CT molecular complexity index is 437. The van der Waals surface area contributed by atoms with Crippen LogP contribution >= 0.6 is 0 Å². The molecule has 1 aliphatic carbocycles. The molecule has 1 heterocycles. The number of anilines is 1. The van der Waals surface area contributed by atoms with Crippen LogP contribution in [0.4, 0.5) is 5.69 Å². The number of hydrogen-bond donors (Lipinski definition) is 2. The van der Waals surface area contributed by atoms with Gasteiger partial charge in [-0.3, -0.25) is 4.79 Å². The zero-order chi connectivity index (χ0) is 10.5. The van der Waals surface area contributed by atoms with Crippen molar-refractivity contribution in [1.82, 2.24) is 0 Å². The van der Waals surface area contributed by atoms with E-state index in [0.29, 0.717) is 11.4 Å². The highest BCUT2D eigenvalue weighted by Crippen LogP contribution is 2.47. The number of benzene rings is 1. The summed E-state index contributed by atoms with van der Waals surface area (Å²) in [7, 11) is 0. The van der Waals surface area contributed by atoms with E-state index in [1.807, 2.05) is 12.1 Å². The summed E-state index contributed by atoms with van der Waals surface area (Å²) in [6.07, 6.45) is 1.61. The van der Waals surface area contributed by atoms with Gasteiger partial charge in [-0.25, -0.2) is 0 Å². The fourth-order valence-electron chi connectivity index (χ4n) is 1.77. The summed E-state index contributed by atoms with van der Waals surface area (Å²) in [5, 5.41) is 12.6. The molecule has 0 unspecified atom stereocenters. The second kappa shape index (κ2) is 2.73. The van der Waals surface area contributed by atoms with Gasteiger partial charge in [0.1, 0.15) is 5.75 Å². The van der Waals surface area contributed by atoms with Crippen LogP contribution in [0.15, 0.2) is 18.2 Å². The minimum Gasteiger partial charge on any atom is -0.482 e. The molecule has 4 nitrogen and oxygen atoms in total. The van der Waals surface area contributed by atoms with Gasteiger partial charge >= 0.3 is 0 Å². The van der Waals surface area contributed by atoms with E-state index >= 15 is 0 Å². The van der Waals surface area contributed by atoms with Gasteiger partial charge in [0.2, 0.25) is 0 Å². The summed E-state index contributed by atoms with van der Waals surface area (Å²) in [5.74, 6) is 0.507. The summed E-state index contributed by atoms with van der Waals surface area (Å²) in [6.45, 7) is 0.0505. The van der Waals surface area contributed by atoms with Crippen LogP contribution < -0.4 is 10.1 Å². The monoisotopic (exact) mass is 205 g/mol. The standard InChI is InChI=1S/C11H11NO3/c13-10-6-15-9-5-7(11(14)3-4-11)1-2-8(9)12-10/h1-2,5,14H,3-4,6H2,(H,12,13). The molecule has 2 N–H and O–H groups in total. The number of carbonyl (C=O) groups is 1. The predicted molar refractivity (Wildman–Crippen MR) is 53.7 cm³/mol. The van der Waals surface area contributed by atoms with Crippen molar-refractivity contribution in [3.8, 4) is 5.75 Å². The van der Waals surface area contributed by atoms with Crippen molar-refractivity contribution in [2.75, 3.05) is 11.9 Å². The molecule has 78 valence electrons. The summed E-state index contributed by atoms with van der Waals surface area (Å²) in [4.78, 5) is 11.0. The third-order valence-electron chi connectivity index (χ3n) is 2.88. The molecular weight excluding hydrogens is 194 g/mol. The number of ether oxygens (including phenoxy) is 1. The highest BCUT2D eigenvalue weighted by atomic mass is 16.5. The van der Waals surface area contributed by atoms with Crippen LogP contribution in [0.5, 0.6) is 5.75 Å². The summed E-state index contributed by atoms with van der Waals surface area (Å²) in [5.41, 5.74) is 0.900. The number of hydrogen-bond acceptors (Lipinski definition) is 3. The van der Waals surface area contributed by atoms with Gasteiger partial charge in [0.15, 0.2) is 6.61 Å². The Morgan fingerprint density at radius 3 is 2.93 bits per heavy atom. The van der Waals surface area contributed by atoms with Crippen molar-refractivity contribution in [2.24, 2.45) is 0 Å². The number of rotatable bonds is 1. The molecule has 1 fully saturated rings. The first-order valence-corrected chi connectivity index (χ1v) is 4.97. The summed E-state index contributed by atoms with van der Waals surface area (Å²) in [6, 6.07) is 5.42. The maximum Gasteiger partial charge on any atom is 0.262 e. The maximum atomic E-state index is 11.0. The van der Waals surface area contributed by atoms with E-state index in [4.69, 9.17) is 4.74 Å². The molecule has 1 aromatic rings. The summed E-state index contributed by atoms with van der Waals surface area (Å²) >= 11 is 0. The third-order valence-corrected chi connectivity index (χ3v) is 2.88. The van der Waals surface area contributed by atoms with Crippen molar-refractivity contribution >= 4 is 11.6 Å². The largest absolute Gasteiger partial charge is 0.482 e. The first kappa shape index (κ1) is 8.73. The van der Waals surface area contributed by atoms with Crippen LogP contribution in [0.3, 0.4) is 0 Å². The zero-order valence-electron chi connectivity index (χ0n) is 8.12. The number of aliphatic hydroxyl groups is 1. The highest BCUT2D eigenvalue weighted by Gasteiger charge is 2.42. The van der Waals surface area contributed by atoms with Crippen LogP contribution in [-0.2, 0) is 10.4 Å². The predicted octanol–water partition coefficient (Wildman–Crippen LogP) is 0.999. The molecule has 0 saturated heterocycles. The lowest BCUT2D eigenvalue weighted by Crippen LogP contribution is -2.25. The molecule has 2 aliphatic rings. The Kier molecular flexibility index (Phi) is 1.59. The van der Waals surface area contributed by atoms with Crippen molar-refractivity contribution in [1.29, 1.82) is 0 Å². The molecule has 3 rings (SSSR count). The molecule has 0 aromatic heterocycles. The van der Waals surface area contributed by atoms with Crippen LogP contribution in [0.1, 0.15) is 18.4 Å². The van der Waals surface area contributed by atoms with E-state index in [-0.39, 0.29) is 12.5 Å². The Balaban J connectivity index is 1.99. The van der Waals surface area contributed by atoms with Crippen LogP contribution in [-0.4, -0.2) is 17.6 Å². The van der Waals surface area contributed by atoms with E-state index in [1.54, 1.807) is 6.07 Å². The Morgan fingerprint density at radius 1 is 1.40 bits per heavy atom. The van der Waals surface area contributed by atoms with E-state index in [1.165, 1.54) is 0 Å². The number of fused-ring (bicyclic) bond motifs is 1. The van der Waals surface area contributed by atoms with Crippen LogP contribution in [0.2, 0.25) is 0 Å². The van der Waals surface area contributed by atoms with Crippen molar-refractivity contribution < 1.29 is 14.6 Å². The lowest BCUT2D eigenvalue weighted by molar-refractivity contribution is -0.118. The first-order chi connectivity index (χ1) is 7.17. The second-order valence-corrected chi connectivity index (χ2v) is 4.08. The average molecular weight is 205 g/mol. The van der Waals surface area contributed by atoms with Crippen molar-refractivity contribution in [3.05, 3.63) is 23.8 Å². The Hall–Kier alpha value is -1.55. The van der Waals surface area contributed by atoms with E-state index in [0.717, 1.165) is 18.4 Å². The van der Waals surface area contributed by atoms with Gasteiger partial charge in [-0.2, -0.15) is 0 Å². The van der Waals surface area contributed by atoms with Crippen molar-refractivity contribution in [2.45, 2.75) is 18.4 Å². The normalized spacial score (nSPS) is 21.3. The molecule has 0 bridgehead atoms. The molecule has 0 radical (unpaired) electrons. The molecule has 1 aliphatic heterocycles. The lowest BCUT2D eigenvalue weighted by Gasteiger charge is -2.19. The van der Waals surface area contributed by atoms with Crippen LogP contribution in [0, 0.1) is 0 Å². The van der Waals surface area contributed by atoms with Gasteiger partial charge in [-0.05, 0) is 30.5 Å². The van der Waals surface area contributed by atoms with Gasteiger partial charge in [-0.1, -0.05) is 6.07 Å². The highest BCUT2D eigenvalue weighted by molar-refractivity contribution is 5.95. The number of carbonyl (C=O) groups excluding carboxylic acids is 1. The number of nitrogens with one attached hydrogen (secondary N) is 1. The van der Waals surface area contributed by atoms with Gasteiger partial charge in [-0.15, -0.1) is 0 Å². The first-order valence-electron chi connectivity index (χ1n) is 4.97. The molecule has 0 spiro atoms. The fraction of sp³-hybridized carbons (Fsp3) is 0.364. The Morgan fingerprint density at radius 2 is 2.20 bits per heavy atom. The molecule has 15 heavy (non-hydrogen) atoms.